The summed E-state index contributed by atoms with van der Waals surface area (Å²) in [6.45, 7) is 5.50. The van der Waals surface area contributed by atoms with Gasteiger partial charge in [-0.15, -0.1) is 0 Å². The molecule has 0 aromatic carbocycles. The molecule has 0 bridgehead atoms. The molecule has 1 saturated heterocycles. The molecule has 116 valence electrons. The van der Waals surface area contributed by atoms with Gasteiger partial charge < -0.3 is 10.4 Å². The van der Waals surface area contributed by atoms with Crippen LogP contribution >= 0.6 is 0 Å². The number of nitrogens with zero attached hydrogens (tertiary/aromatic N) is 2. The van der Waals surface area contributed by atoms with Crippen molar-refractivity contribution in [1.29, 1.82) is 0 Å². The lowest BCUT2D eigenvalue weighted by molar-refractivity contribution is -0.138. The highest BCUT2D eigenvalue weighted by Crippen LogP contribution is 2.20. The molecule has 0 spiro atoms. The van der Waals surface area contributed by atoms with Gasteiger partial charge in [0.15, 0.2) is 0 Å². The standard InChI is InChI=1S/C14H22N4O3/c1-9-14(10(2)17-16-9)15-12(19)8-18-5-3-4-11(7-18)6-13(20)21/h11H,3-8H2,1-2H3,(H,15,19)(H,16,17)(H,20,21). The zero-order valence-corrected chi connectivity index (χ0v) is 12.5. The summed E-state index contributed by atoms with van der Waals surface area (Å²) < 4.78 is 0. The van der Waals surface area contributed by atoms with E-state index in [9.17, 15) is 9.59 Å². The molecule has 0 radical (unpaired) electrons. The molecule has 1 fully saturated rings. The maximum absolute atomic E-state index is 12.1. The number of hydrogen-bond acceptors (Lipinski definition) is 4. The van der Waals surface area contributed by atoms with Gasteiger partial charge in [-0.1, -0.05) is 0 Å². The van der Waals surface area contributed by atoms with Crippen molar-refractivity contribution in [3.63, 3.8) is 0 Å². The summed E-state index contributed by atoms with van der Waals surface area (Å²) in [5.41, 5.74) is 2.34. The maximum atomic E-state index is 12.1. The number of carbonyl (C=O) groups excluding carboxylic acids is 1. The van der Waals surface area contributed by atoms with Gasteiger partial charge in [-0.05, 0) is 39.2 Å². The predicted octanol–water partition coefficient (Wildman–Crippen LogP) is 1.15. The number of nitrogens with one attached hydrogen (secondary N) is 2. The Hall–Kier alpha value is -1.89. The van der Waals surface area contributed by atoms with E-state index in [2.05, 4.69) is 15.5 Å². The van der Waals surface area contributed by atoms with E-state index in [1.165, 1.54) is 0 Å². The lowest BCUT2D eigenvalue weighted by atomic mass is 9.95. The Morgan fingerprint density at radius 2 is 2.24 bits per heavy atom. The molecule has 1 atom stereocenters. The number of carbonyl (C=O) groups is 2. The largest absolute Gasteiger partial charge is 0.481 e. The average Bonchev–Trinajstić information content (AvgIpc) is 2.70. The third-order valence-electron chi connectivity index (χ3n) is 3.83. The van der Waals surface area contributed by atoms with Crippen LogP contribution in [0.25, 0.3) is 0 Å². The van der Waals surface area contributed by atoms with Crippen molar-refractivity contribution < 1.29 is 14.7 Å². The average molecular weight is 294 g/mol. The Balaban J connectivity index is 1.86. The van der Waals surface area contributed by atoms with Gasteiger partial charge in [0.1, 0.15) is 0 Å². The molecular formula is C14H22N4O3. The number of aromatic nitrogens is 2. The highest BCUT2D eigenvalue weighted by atomic mass is 16.4. The molecule has 1 unspecified atom stereocenters. The van der Waals surface area contributed by atoms with Gasteiger partial charge in [-0.2, -0.15) is 5.10 Å². The first-order chi connectivity index (χ1) is 9.95. The molecule has 1 aliphatic rings. The molecular weight excluding hydrogens is 272 g/mol. The molecule has 2 heterocycles. The van der Waals surface area contributed by atoms with Gasteiger partial charge >= 0.3 is 5.97 Å². The molecule has 3 N–H and O–H groups in total. The maximum Gasteiger partial charge on any atom is 0.303 e. The van der Waals surface area contributed by atoms with E-state index < -0.39 is 5.97 Å². The number of aromatic amines is 1. The number of aryl methyl sites for hydroxylation is 2. The first-order valence-corrected chi connectivity index (χ1v) is 7.21. The summed E-state index contributed by atoms with van der Waals surface area (Å²) in [4.78, 5) is 24.9. The van der Waals surface area contributed by atoms with Crippen LogP contribution in [0.1, 0.15) is 30.7 Å². The lowest BCUT2D eigenvalue weighted by Crippen LogP contribution is -2.41. The van der Waals surface area contributed by atoms with Crippen molar-refractivity contribution in [3.05, 3.63) is 11.4 Å². The van der Waals surface area contributed by atoms with Gasteiger partial charge in [0.05, 0.1) is 23.6 Å². The third kappa shape index (κ3) is 4.29. The van der Waals surface area contributed by atoms with E-state index in [-0.39, 0.29) is 18.2 Å². The van der Waals surface area contributed by atoms with Crippen LogP contribution in [0.15, 0.2) is 0 Å². The number of carboxylic acid groups (broad SMARTS) is 1. The van der Waals surface area contributed by atoms with Crippen LogP contribution in [0.5, 0.6) is 0 Å². The summed E-state index contributed by atoms with van der Waals surface area (Å²) in [6.07, 6.45) is 2.04. The SMILES string of the molecule is Cc1n[nH]c(C)c1NC(=O)CN1CCCC(CC(=O)O)C1. The van der Waals surface area contributed by atoms with E-state index in [0.29, 0.717) is 13.1 Å². The Bertz CT molecular complexity index is 507. The van der Waals surface area contributed by atoms with Crippen LogP contribution in [-0.4, -0.2) is 51.7 Å². The highest BCUT2D eigenvalue weighted by molar-refractivity contribution is 5.93. The molecule has 1 aliphatic heterocycles. The fourth-order valence-corrected chi connectivity index (χ4v) is 2.83. The lowest BCUT2D eigenvalue weighted by Gasteiger charge is -2.31. The molecule has 0 saturated carbocycles. The number of aliphatic carboxylic acids is 1. The second-order valence-electron chi connectivity index (χ2n) is 5.70. The number of likely N-dealkylation sites (tertiary alicyclic amines) is 1. The van der Waals surface area contributed by atoms with Crippen LogP contribution < -0.4 is 5.32 Å². The normalized spacial score (nSPS) is 19.4. The number of anilines is 1. The quantitative estimate of drug-likeness (QED) is 0.756. The van der Waals surface area contributed by atoms with Crippen molar-refractivity contribution in [2.24, 2.45) is 5.92 Å². The van der Waals surface area contributed by atoms with Crippen LogP contribution in [0, 0.1) is 19.8 Å². The fraction of sp³-hybridized carbons (Fsp3) is 0.643. The number of amides is 1. The molecule has 1 aromatic heterocycles. The Kier molecular flexibility index (Phi) is 4.95. The van der Waals surface area contributed by atoms with E-state index >= 15 is 0 Å². The van der Waals surface area contributed by atoms with E-state index in [1.54, 1.807) is 0 Å². The van der Waals surface area contributed by atoms with Gasteiger partial charge in [0.2, 0.25) is 5.91 Å². The minimum atomic E-state index is -0.768. The smallest absolute Gasteiger partial charge is 0.303 e. The minimum Gasteiger partial charge on any atom is -0.481 e. The Morgan fingerprint density at radius 3 is 2.86 bits per heavy atom. The highest BCUT2D eigenvalue weighted by Gasteiger charge is 2.23. The van der Waals surface area contributed by atoms with Crippen LogP contribution in [0.3, 0.4) is 0 Å². The van der Waals surface area contributed by atoms with Crippen molar-refractivity contribution in [2.45, 2.75) is 33.1 Å². The summed E-state index contributed by atoms with van der Waals surface area (Å²) in [6, 6.07) is 0. The van der Waals surface area contributed by atoms with Gasteiger partial charge in [0.25, 0.3) is 0 Å². The van der Waals surface area contributed by atoms with Crippen LogP contribution in [0.4, 0.5) is 5.69 Å². The second kappa shape index (κ2) is 6.71. The monoisotopic (exact) mass is 294 g/mol. The Labute approximate surface area is 123 Å². The minimum absolute atomic E-state index is 0.0847. The van der Waals surface area contributed by atoms with Crippen molar-refractivity contribution in [2.75, 3.05) is 25.0 Å². The van der Waals surface area contributed by atoms with Gasteiger partial charge in [-0.25, -0.2) is 0 Å². The number of piperidine rings is 1. The molecule has 0 aliphatic carbocycles. The van der Waals surface area contributed by atoms with Crippen molar-refractivity contribution in [3.8, 4) is 0 Å². The summed E-state index contributed by atoms with van der Waals surface area (Å²) in [7, 11) is 0. The number of hydrogen-bond donors (Lipinski definition) is 3. The molecule has 1 aromatic rings. The summed E-state index contributed by atoms with van der Waals surface area (Å²) in [5.74, 6) is -0.712. The molecule has 21 heavy (non-hydrogen) atoms. The van der Waals surface area contributed by atoms with E-state index in [1.807, 2.05) is 18.7 Å². The predicted molar refractivity (Wildman–Crippen MR) is 78.1 cm³/mol. The van der Waals surface area contributed by atoms with Crippen LogP contribution in [-0.2, 0) is 9.59 Å². The molecule has 2 rings (SSSR count). The number of carboxylic acids is 1. The van der Waals surface area contributed by atoms with Crippen molar-refractivity contribution >= 4 is 17.6 Å². The molecule has 1 amide bonds. The zero-order chi connectivity index (χ0) is 15.4. The summed E-state index contributed by atoms with van der Waals surface area (Å²) >= 11 is 0. The first-order valence-electron chi connectivity index (χ1n) is 7.21. The number of H-pyrrole nitrogens is 1. The first kappa shape index (κ1) is 15.5. The second-order valence-corrected chi connectivity index (χ2v) is 5.70. The van der Waals surface area contributed by atoms with E-state index in [4.69, 9.17) is 5.11 Å². The third-order valence-corrected chi connectivity index (χ3v) is 3.83. The molecule has 7 heteroatoms. The topological polar surface area (TPSA) is 98.3 Å². The van der Waals surface area contributed by atoms with Crippen LogP contribution in [0.2, 0.25) is 0 Å². The summed E-state index contributed by atoms with van der Waals surface area (Å²) in [5, 5.41) is 18.6. The van der Waals surface area contributed by atoms with E-state index in [0.717, 1.165) is 36.5 Å². The van der Waals surface area contributed by atoms with Crippen molar-refractivity contribution in [1.82, 2.24) is 15.1 Å². The molecule has 7 nitrogen and oxygen atoms in total. The zero-order valence-electron chi connectivity index (χ0n) is 12.5. The van der Waals surface area contributed by atoms with Gasteiger partial charge in [-0.3, -0.25) is 19.6 Å². The number of rotatable bonds is 5. The Morgan fingerprint density at radius 1 is 1.48 bits per heavy atom. The van der Waals surface area contributed by atoms with Gasteiger partial charge in [0, 0.05) is 13.0 Å². The fourth-order valence-electron chi connectivity index (χ4n) is 2.83.